The van der Waals surface area contributed by atoms with Crippen LogP contribution in [0.1, 0.15) is 11.4 Å². The van der Waals surface area contributed by atoms with Gasteiger partial charge in [-0.3, -0.25) is 4.79 Å². The third-order valence-corrected chi connectivity index (χ3v) is 1.35. The molecule has 0 fully saturated rings. The van der Waals surface area contributed by atoms with E-state index in [0.29, 0.717) is 17.2 Å². The van der Waals surface area contributed by atoms with Crippen LogP contribution in [-0.4, -0.2) is 9.97 Å². The fraction of sp³-hybridized carbons (Fsp3) is 0.143. The molecule has 0 radical (unpaired) electrons. The second-order valence-corrected chi connectivity index (χ2v) is 2.15. The molecule has 0 unspecified atom stereocenters. The number of aromatic nitrogens is 2. The molecule has 0 aliphatic carbocycles. The van der Waals surface area contributed by atoms with Gasteiger partial charge in [0.25, 0.3) is 5.56 Å². The smallest absolute Gasteiger partial charge is 0.269 e. The van der Waals surface area contributed by atoms with E-state index in [1.165, 1.54) is 6.08 Å². The maximum atomic E-state index is 10.9. The molecule has 1 aromatic rings. The van der Waals surface area contributed by atoms with Crippen LogP contribution in [0.2, 0.25) is 0 Å². The summed E-state index contributed by atoms with van der Waals surface area (Å²) in [5, 5.41) is 0. The minimum Gasteiger partial charge on any atom is -0.382 e. The number of aromatic amines is 1. The van der Waals surface area contributed by atoms with Gasteiger partial charge in [-0.15, -0.1) is 0 Å². The van der Waals surface area contributed by atoms with Gasteiger partial charge in [-0.1, -0.05) is 6.58 Å². The van der Waals surface area contributed by atoms with Crippen molar-refractivity contribution in [3.8, 4) is 0 Å². The summed E-state index contributed by atoms with van der Waals surface area (Å²) in [4.78, 5) is 17.3. The number of hydrogen-bond donors (Lipinski definition) is 2. The highest BCUT2D eigenvalue weighted by Gasteiger charge is 1.99. The summed E-state index contributed by atoms with van der Waals surface area (Å²) >= 11 is 0. The number of rotatable bonds is 1. The summed E-state index contributed by atoms with van der Waals surface area (Å²) in [6.45, 7) is 5.07. The van der Waals surface area contributed by atoms with Crippen LogP contribution in [0.3, 0.4) is 0 Å². The third-order valence-electron chi connectivity index (χ3n) is 1.35. The van der Waals surface area contributed by atoms with E-state index < -0.39 is 0 Å². The molecule has 0 aliphatic heterocycles. The van der Waals surface area contributed by atoms with Crippen LogP contribution in [0.25, 0.3) is 6.08 Å². The van der Waals surface area contributed by atoms with Gasteiger partial charge in [-0.25, -0.2) is 4.98 Å². The Morgan fingerprint density at radius 2 is 2.36 bits per heavy atom. The Labute approximate surface area is 63.8 Å². The number of aryl methyl sites for hydroxylation is 1. The molecule has 58 valence electrons. The first-order chi connectivity index (χ1) is 5.15. The molecule has 4 heteroatoms. The lowest BCUT2D eigenvalue weighted by Crippen LogP contribution is -2.15. The number of hydrogen-bond acceptors (Lipinski definition) is 3. The van der Waals surface area contributed by atoms with E-state index in [-0.39, 0.29) is 5.56 Å². The lowest BCUT2D eigenvalue weighted by Gasteiger charge is -1.98. The van der Waals surface area contributed by atoms with E-state index in [4.69, 9.17) is 5.73 Å². The highest BCUT2D eigenvalue weighted by atomic mass is 16.1. The fourth-order valence-electron chi connectivity index (χ4n) is 0.724. The molecular formula is C7H9N3O. The first kappa shape index (κ1) is 7.53. The van der Waals surface area contributed by atoms with Crippen molar-refractivity contribution < 1.29 is 0 Å². The Morgan fingerprint density at radius 1 is 1.73 bits per heavy atom. The van der Waals surface area contributed by atoms with Crippen molar-refractivity contribution in [3.63, 3.8) is 0 Å². The van der Waals surface area contributed by atoms with Gasteiger partial charge < -0.3 is 10.7 Å². The van der Waals surface area contributed by atoms with Gasteiger partial charge >= 0.3 is 0 Å². The van der Waals surface area contributed by atoms with Crippen molar-refractivity contribution in [2.24, 2.45) is 0 Å². The summed E-state index contributed by atoms with van der Waals surface area (Å²) in [6, 6.07) is 0. The standard InChI is InChI=1S/C7H9N3O/c1-3-5-6(8)9-4(2)7(11)10-5/h3H,1H2,2H3,(H2,8,9)(H,10,11). The summed E-state index contributed by atoms with van der Waals surface area (Å²) in [7, 11) is 0. The van der Waals surface area contributed by atoms with Crippen molar-refractivity contribution >= 4 is 11.9 Å². The lowest BCUT2D eigenvalue weighted by atomic mass is 10.4. The van der Waals surface area contributed by atoms with E-state index in [0.717, 1.165) is 0 Å². The van der Waals surface area contributed by atoms with Gasteiger partial charge in [0.15, 0.2) is 0 Å². The molecule has 0 spiro atoms. The average Bonchev–Trinajstić information content (AvgIpc) is 1.97. The number of H-pyrrole nitrogens is 1. The molecule has 11 heavy (non-hydrogen) atoms. The van der Waals surface area contributed by atoms with Crippen molar-refractivity contribution in [2.45, 2.75) is 6.92 Å². The molecule has 0 saturated carbocycles. The predicted octanol–water partition coefficient (Wildman–Crippen LogP) is 0.304. The van der Waals surface area contributed by atoms with Crippen molar-refractivity contribution in [1.82, 2.24) is 9.97 Å². The van der Waals surface area contributed by atoms with Gasteiger partial charge in [0.05, 0.1) is 5.69 Å². The maximum Gasteiger partial charge on any atom is 0.269 e. The molecular weight excluding hydrogens is 142 g/mol. The summed E-state index contributed by atoms with van der Waals surface area (Å²) < 4.78 is 0. The predicted molar refractivity (Wildman–Crippen MR) is 44.1 cm³/mol. The molecule has 0 aliphatic rings. The van der Waals surface area contributed by atoms with Gasteiger partial charge in [-0.2, -0.15) is 0 Å². The SMILES string of the molecule is C=Cc1[nH]c(=O)c(C)nc1N. The number of nitrogens with two attached hydrogens (primary N) is 1. The molecule has 0 amide bonds. The Balaban J connectivity index is 3.44. The first-order valence-electron chi connectivity index (χ1n) is 3.14. The minimum absolute atomic E-state index is 0.228. The zero-order valence-electron chi connectivity index (χ0n) is 6.22. The normalized spacial score (nSPS) is 9.55. The average molecular weight is 151 g/mol. The lowest BCUT2D eigenvalue weighted by molar-refractivity contribution is 1.06. The molecule has 0 bridgehead atoms. The number of nitrogens with one attached hydrogen (secondary N) is 1. The van der Waals surface area contributed by atoms with Crippen LogP contribution in [0, 0.1) is 6.92 Å². The van der Waals surface area contributed by atoms with Crippen LogP contribution >= 0.6 is 0 Å². The molecule has 1 rings (SSSR count). The Kier molecular flexibility index (Phi) is 1.76. The Bertz CT molecular complexity index is 340. The van der Waals surface area contributed by atoms with Gasteiger partial charge in [-0.05, 0) is 13.0 Å². The maximum absolute atomic E-state index is 10.9. The molecule has 0 atom stereocenters. The molecule has 1 aromatic heterocycles. The van der Waals surface area contributed by atoms with Crippen LogP contribution in [-0.2, 0) is 0 Å². The molecule has 0 aromatic carbocycles. The zero-order chi connectivity index (χ0) is 8.43. The van der Waals surface area contributed by atoms with E-state index >= 15 is 0 Å². The zero-order valence-corrected chi connectivity index (χ0v) is 6.22. The van der Waals surface area contributed by atoms with Crippen LogP contribution < -0.4 is 11.3 Å². The molecule has 4 nitrogen and oxygen atoms in total. The Morgan fingerprint density at radius 3 is 2.91 bits per heavy atom. The molecule has 3 N–H and O–H groups in total. The van der Waals surface area contributed by atoms with Gasteiger partial charge in [0.1, 0.15) is 11.5 Å². The summed E-state index contributed by atoms with van der Waals surface area (Å²) in [6.07, 6.45) is 1.46. The highest BCUT2D eigenvalue weighted by molar-refractivity contribution is 5.54. The number of anilines is 1. The third kappa shape index (κ3) is 1.29. The van der Waals surface area contributed by atoms with Crippen LogP contribution in [0.15, 0.2) is 11.4 Å². The number of nitrogen functional groups attached to an aromatic ring is 1. The van der Waals surface area contributed by atoms with Crippen molar-refractivity contribution in [3.05, 3.63) is 28.3 Å². The summed E-state index contributed by atoms with van der Waals surface area (Å²) in [5.74, 6) is 0.303. The molecule has 0 saturated heterocycles. The highest BCUT2D eigenvalue weighted by Crippen LogP contribution is 2.02. The van der Waals surface area contributed by atoms with Crippen LogP contribution in [0.4, 0.5) is 5.82 Å². The van der Waals surface area contributed by atoms with E-state index in [2.05, 4.69) is 16.5 Å². The minimum atomic E-state index is -0.228. The first-order valence-corrected chi connectivity index (χ1v) is 3.14. The second-order valence-electron chi connectivity index (χ2n) is 2.15. The molecule has 1 heterocycles. The van der Waals surface area contributed by atoms with E-state index in [1.807, 2.05) is 0 Å². The fourth-order valence-corrected chi connectivity index (χ4v) is 0.724. The Hall–Kier alpha value is -1.58. The quantitative estimate of drug-likeness (QED) is 0.606. The van der Waals surface area contributed by atoms with E-state index in [9.17, 15) is 4.79 Å². The second kappa shape index (κ2) is 2.57. The van der Waals surface area contributed by atoms with Gasteiger partial charge in [0, 0.05) is 0 Å². The van der Waals surface area contributed by atoms with Gasteiger partial charge in [0.2, 0.25) is 0 Å². The summed E-state index contributed by atoms with van der Waals surface area (Å²) in [5.41, 5.74) is 6.06. The number of nitrogens with zero attached hydrogens (tertiary/aromatic N) is 1. The van der Waals surface area contributed by atoms with Crippen molar-refractivity contribution in [2.75, 3.05) is 5.73 Å². The topological polar surface area (TPSA) is 71.8 Å². The largest absolute Gasteiger partial charge is 0.382 e. The van der Waals surface area contributed by atoms with E-state index in [1.54, 1.807) is 6.92 Å². The van der Waals surface area contributed by atoms with Crippen molar-refractivity contribution in [1.29, 1.82) is 0 Å². The van der Waals surface area contributed by atoms with Crippen LogP contribution in [0.5, 0.6) is 0 Å². The monoisotopic (exact) mass is 151 g/mol.